The van der Waals surface area contributed by atoms with Crippen molar-refractivity contribution in [3.05, 3.63) is 66.5 Å². The Morgan fingerprint density at radius 1 is 1.26 bits per heavy atom. The monoisotopic (exact) mass is 306 g/mol. The van der Waals surface area contributed by atoms with E-state index in [1.165, 1.54) is 0 Å². The highest BCUT2D eigenvalue weighted by Gasteiger charge is 2.18. The van der Waals surface area contributed by atoms with Gasteiger partial charge in [-0.3, -0.25) is 4.79 Å². The number of rotatable bonds is 3. The number of pyridine rings is 1. The number of aromatic nitrogens is 5. The molecule has 0 aromatic carbocycles. The Bertz CT molecular complexity index is 969. The van der Waals surface area contributed by atoms with E-state index in [4.69, 9.17) is 0 Å². The van der Waals surface area contributed by atoms with Gasteiger partial charge in [-0.2, -0.15) is 5.10 Å². The molecule has 0 aliphatic heterocycles. The molecule has 0 radical (unpaired) electrons. The molecule has 114 valence electrons. The van der Waals surface area contributed by atoms with Crippen molar-refractivity contribution in [2.45, 2.75) is 6.54 Å². The topological polar surface area (TPSA) is 67.8 Å². The molecule has 7 heteroatoms. The summed E-state index contributed by atoms with van der Waals surface area (Å²) >= 11 is 0. The highest BCUT2D eigenvalue weighted by atomic mass is 16.2. The molecule has 0 unspecified atom stereocenters. The first-order valence-corrected chi connectivity index (χ1v) is 7.19. The number of carbonyl (C=O) groups is 1. The summed E-state index contributed by atoms with van der Waals surface area (Å²) < 4.78 is 3.52. The van der Waals surface area contributed by atoms with Gasteiger partial charge in [0.1, 0.15) is 11.2 Å². The molecular weight excluding hydrogens is 292 g/mol. The number of nitrogens with zero attached hydrogens (tertiary/aromatic N) is 6. The van der Waals surface area contributed by atoms with Crippen LogP contribution in [0.5, 0.6) is 0 Å². The van der Waals surface area contributed by atoms with Crippen LogP contribution >= 0.6 is 0 Å². The predicted molar refractivity (Wildman–Crippen MR) is 84.0 cm³/mol. The number of carbonyl (C=O) groups excluding carboxylic acids is 1. The summed E-state index contributed by atoms with van der Waals surface area (Å²) in [7, 11) is 1.75. The Labute approximate surface area is 131 Å². The van der Waals surface area contributed by atoms with Crippen molar-refractivity contribution in [3.63, 3.8) is 0 Å². The van der Waals surface area contributed by atoms with E-state index in [-0.39, 0.29) is 5.91 Å². The normalized spacial score (nSPS) is 11.2. The fourth-order valence-electron chi connectivity index (χ4n) is 2.56. The standard InChI is InChI=1S/C16H14N6O/c1-20(10-12-11-21-7-3-2-5-14(21)19-12)16(23)13-9-18-22-8-4-6-17-15(13)22/h2-9,11H,10H2,1H3. The van der Waals surface area contributed by atoms with Crippen LogP contribution in [0.2, 0.25) is 0 Å². The van der Waals surface area contributed by atoms with Gasteiger partial charge >= 0.3 is 0 Å². The van der Waals surface area contributed by atoms with E-state index in [1.54, 1.807) is 41.1 Å². The molecule has 0 saturated carbocycles. The van der Waals surface area contributed by atoms with Crippen LogP contribution < -0.4 is 0 Å². The summed E-state index contributed by atoms with van der Waals surface area (Å²) in [5.74, 6) is -0.129. The van der Waals surface area contributed by atoms with Gasteiger partial charge in [-0.15, -0.1) is 0 Å². The van der Waals surface area contributed by atoms with Gasteiger partial charge in [-0.05, 0) is 18.2 Å². The second-order valence-corrected chi connectivity index (χ2v) is 5.31. The molecule has 1 amide bonds. The zero-order valence-corrected chi connectivity index (χ0v) is 12.5. The summed E-state index contributed by atoms with van der Waals surface area (Å²) in [6, 6.07) is 7.58. The first kappa shape index (κ1) is 13.4. The van der Waals surface area contributed by atoms with Crippen LogP contribution in [0.3, 0.4) is 0 Å². The lowest BCUT2D eigenvalue weighted by Gasteiger charge is -2.14. The Hall–Kier alpha value is -3.22. The maximum absolute atomic E-state index is 12.6. The summed E-state index contributed by atoms with van der Waals surface area (Å²) in [5.41, 5.74) is 2.73. The Kier molecular flexibility index (Phi) is 3.04. The number of imidazole rings is 1. The molecule has 4 rings (SSSR count). The lowest BCUT2D eigenvalue weighted by molar-refractivity contribution is 0.0785. The summed E-state index contributed by atoms with van der Waals surface area (Å²) in [5, 5.41) is 4.15. The Morgan fingerprint density at radius 3 is 3.04 bits per heavy atom. The van der Waals surface area contributed by atoms with Gasteiger partial charge in [0.2, 0.25) is 0 Å². The molecule has 0 fully saturated rings. The SMILES string of the molecule is CN(Cc1cn2ccccc2n1)C(=O)c1cnn2cccnc12. The van der Waals surface area contributed by atoms with Crippen molar-refractivity contribution in [2.75, 3.05) is 7.05 Å². The van der Waals surface area contributed by atoms with Crippen molar-refractivity contribution in [3.8, 4) is 0 Å². The molecule has 23 heavy (non-hydrogen) atoms. The van der Waals surface area contributed by atoms with Crippen LogP contribution in [0.1, 0.15) is 16.1 Å². The number of hydrogen-bond donors (Lipinski definition) is 0. The van der Waals surface area contributed by atoms with E-state index >= 15 is 0 Å². The lowest BCUT2D eigenvalue weighted by Crippen LogP contribution is -2.26. The predicted octanol–water partition coefficient (Wildman–Crippen LogP) is 1.65. The average Bonchev–Trinajstić information content (AvgIpc) is 3.17. The van der Waals surface area contributed by atoms with Gasteiger partial charge < -0.3 is 9.30 Å². The Morgan fingerprint density at radius 2 is 2.17 bits per heavy atom. The first-order valence-electron chi connectivity index (χ1n) is 7.19. The quantitative estimate of drug-likeness (QED) is 0.577. The van der Waals surface area contributed by atoms with Crippen molar-refractivity contribution in [2.24, 2.45) is 0 Å². The zero-order valence-electron chi connectivity index (χ0n) is 12.5. The minimum Gasteiger partial charge on any atom is -0.336 e. The number of amides is 1. The van der Waals surface area contributed by atoms with E-state index in [0.29, 0.717) is 17.8 Å². The molecule has 0 spiro atoms. The van der Waals surface area contributed by atoms with Gasteiger partial charge in [0.15, 0.2) is 5.65 Å². The van der Waals surface area contributed by atoms with Gasteiger partial charge in [0.25, 0.3) is 5.91 Å². The third-order valence-electron chi connectivity index (χ3n) is 3.67. The third kappa shape index (κ3) is 2.32. The second kappa shape index (κ2) is 5.20. The molecule has 0 saturated heterocycles. The first-order chi connectivity index (χ1) is 11.2. The fraction of sp³-hybridized carbons (Fsp3) is 0.125. The largest absolute Gasteiger partial charge is 0.336 e. The molecule has 7 nitrogen and oxygen atoms in total. The van der Waals surface area contributed by atoms with Crippen molar-refractivity contribution < 1.29 is 4.79 Å². The Balaban J connectivity index is 1.60. The second-order valence-electron chi connectivity index (χ2n) is 5.31. The van der Waals surface area contributed by atoms with Crippen LogP contribution in [0.15, 0.2) is 55.2 Å². The van der Waals surface area contributed by atoms with E-state index in [0.717, 1.165) is 11.3 Å². The molecule has 0 aliphatic carbocycles. The number of fused-ring (bicyclic) bond motifs is 2. The van der Waals surface area contributed by atoms with Gasteiger partial charge in [0, 0.05) is 31.8 Å². The number of hydrogen-bond acceptors (Lipinski definition) is 4. The molecule has 0 N–H and O–H groups in total. The lowest BCUT2D eigenvalue weighted by atomic mass is 10.3. The maximum atomic E-state index is 12.6. The fourth-order valence-corrected chi connectivity index (χ4v) is 2.56. The molecule has 4 aromatic rings. The van der Waals surface area contributed by atoms with Gasteiger partial charge in [0.05, 0.1) is 18.4 Å². The van der Waals surface area contributed by atoms with Crippen LogP contribution in [-0.4, -0.2) is 41.8 Å². The van der Waals surface area contributed by atoms with E-state index in [1.807, 2.05) is 35.0 Å². The molecular formula is C16H14N6O. The van der Waals surface area contributed by atoms with Crippen molar-refractivity contribution in [1.29, 1.82) is 0 Å². The highest BCUT2D eigenvalue weighted by molar-refractivity contribution is 5.99. The zero-order chi connectivity index (χ0) is 15.8. The van der Waals surface area contributed by atoms with E-state index in [9.17, 15) is 4.79 Å². The maximum Gasteiger partial charge on any atom is 0.259 e. The summed E-state index contributed by atoms with van der Waals surface area (Å²) in [6.07, 6.45) is 8.82. The van der Waals surface area contributed by atoms with Crippen LogP contribution in [0.25, 0.3) is 11.3 Å². The van der Waals surface area contributed by atoms with Crippen molar-refractivity contribution >= 4 is 17.2 Å². The van der Waals surface area contributed by atoms with E-state index in [2.05, 4.69) is 15.1 Å². The highest BCUT2D eigenvalue weighted by Crippen LogP contribution is 2.12. The van der Waals surface area contributed by atoms with Crippen molar-refractivity contribution in [1.82, 2.24) is 28.9 Å². The molecule has 4 aromatic heterocycles. The molecule has 0 bridgehead atoms. The van der Waals surface area contributed by atoms with Crippen LogP contribution in [-0.2, 0) is 6.54 Å². The molecule has 0 atom stereocenters. The average molecular weight is 306 g/mol. The molecule has 0 aliphatic rings. The minimum atomic E-state index is -0.129. The third-order valence-corrected chi connectivity index (χ3v) is 3.67. The van der Waals surface area contributed by atoms with Crippen LogP contribution in [0.4, 0.5) is 0 Å². The van der Waals surface area contributed by atoms with Crippen LogP contribution in [0, 0.1) is 0 Å². The van der Waals surface area contributed by atoms with Gasteiger partial charge in [-0.25, -0.2) is 14.5 Å². The van der Waals surface area contributed by atoms with Gasteiger partial charge in [-0.1, -0.05) is 6.07 Å². The van der Waals surface area contributed by atoms with E-state index < -0.39 is 0 Å². The summed E-state index contributed by atoms with van der Waals surface area (Å²) in [4.78, 5) is 23.0. The summed E-state index contributed by atoms with van der Waals surface area (Å²) in [6.45, 7) is 0.421. The minimum absolute atomic E-state index is 0.129. The smallest absolute Gasteiger partial charge is 0.259 e. The molecule has 4 heterocycles.